The molecule has 0 radical (unpaired) electrons. The van der Waals surface area contributed by atoms with Crippen LogP contribution in [0.15, 0.2) is 122 Å². The fourth-order valence-electron chi connectivity index (χ4n) is 13.0. The smallest absolute Gasteiger partial charge is 0.361 e. The van der Waals surface area contributed by atoms with E-state index in [9.17, 15) is 19.5 Å². The quantitative estimate of drug-likeness (QED) is 0.0211. The molecule has 0 aromatic carbocycles. The van der Waals surface area contributed by atoms with Crippen LogP contribution in [0.4, 0.5) is 0 Å². The van der Waals surface area contributed by atoms with E-state index >= 15 is 0 Å². The molecule has 0 saturated heterocycles. The van der Waals surface area contributed by atoms with Crippen molar-refractivity contribution in [2.45, 2.75) is 424 Å². The van der Waals surface area contributed by atoms with Crippen LogP contribution in [0.25, 0.3) is 0 Å². The summed E-state index contributed by atoms with van der Waals surface area (Å²) in [7, 11) is 6.00. The van der Waals surface area contributed by atoms with Gasteiger partial charge < -0.3 is 28.5 Å². The molecule has 0 aliphatic carbocycles. The van der Waals surface area contributed by atoms with Crippen LogP contribution in [-0.2, 0) is 33.3 Å². The lowest BCUT2D eigenvalue weighted by molar-refractivity contribution is -0.870. The fourth-order valence-corrected chi connectivity index (χ4v) is 13.0. The Morgan fingerprint density at radius 2 is 0.514 bits per heavy atom. The van der Waals surface area contributed by atoms with E-state index in [0.717, 1.165) is 103 Å². The third-order valence-corrected chi connectivity index (χ3v) is 19.7. The molecule has 606 valence electrons. The van der Waals surface area contributed by atoms with Gasteiger partial charge in [0.05, 0.1) is 34.4 Å². The number of unbranched alkanes of at least 4 members (excludes halogenated alkanes) is 48. The van der Waals surface area contributed by atoms with Crippen LogP contribution in [0, 0.1) is 0 Å². The van der Waals surface area contributed by atoms with Gasteiger partial charge in [-0.3, -0.25) is 9.59 Å². The number of hydrogen-bond donors (Lipinski definition) is 1. The molecule has 2 unspecified atom stereocenters. The van der Waals surface area contributed by atoms with Crippen molar-refractivity contribution in [2.24, 2.45) is 0 Å². The molecular weight excluding hydrogens is 1300 g/mol. The molecule has 1 N–H and O–H groups in total. The molecule has 0 heterocycles. The number of quaternary nitrogens is 1. The molecule has 9 nitrogen and oxygen atoms in total. The largest absolute Gasteiger partial charge is 0.477 e. The lowest BCUT2D eigenvalue weighted by atomic mass is 10.0. The van der Waals surface area contributed by atoms with Gasteiger partial charge in [-0.15, -0.1) is 0 Å². The standard InChI is InChI=1S/C96H169NO8/c1-6-8-10-12-14-16-18-20-22-24-26-28-30-32-34-36-38-40-42-44-46-47-49-51-53-55-57-59-61-63-65-67-69-71-73-75-77-79-81-83-85-87-94(99)105-92(91-104-96(95(100)101)102-89-88-97(3,4)5)90-103-93(98)86-84-82-80-78-76-74-72-70-68-66-64-62-60-58-56-54-52-50-48-45-43-41-39-37-35-33-31-29-27-25-23-21-19-17-15-13-11-9-7-2/h8-11,14-17,20-23,26-29,32-35,92,96H,6-7,12-13,18-19,24-25,30-31,36-91H2,1-5H3/p+1/b10-8-,11-9-,16-14-,17-15-,22-20-,23-21-,28-26-,29-27-,34-32-,35-33-. The molecule has 0 saturated carbocycles. The Labute approximate surface area is 650 Å². The molecule has 0 bridgehead atoms. The summed E-state index contributed by atoms with van der Waals surface area (Å²) >= 11 is 0. The molecule has 0 spiro atoms. The van der Waals surface area contributed by atoms with Gasteiger partial charge in [0.2, 0.25) is 0 Å². The Kier molecular flexibility index (Phi) is 81.8. The van der Waals surface area contributed by atoms with Gasteiger partial charge in [0.25, 0.3) is 6.29 Å². The summed E-state index contributed by atoms with van der Waals surface area (Å²) in [6, 6.07) is 0. The van der Waals surface area contributed by atoms with Crippen LogP contribution >= 0.6 is 0 Å². The molecule has 0 amide bonds. The van der Waals surface area contributed by atoms with Crippen molar-refractivity contribution in [1.82, 2.24) is 0 Å². The maximum atomic E-state index is 13.0. The van der Waals surface area contributed by atoms with Crippen molar-refractivity contribution in [3.8, 4) is 0 Å². The van der Waals surface area contributed by atoms with Gasteiger partial charge in [0, 0.05) is 12.8 Å². The molecule has 2 atom stereocenters. The van der Waals surface area contributed by atoms with Crippen LogP contribution in [0.2, 0.25) is 0 Å². The topological polar surface area (TPSA) is 108 Å². The van der Waals surface area contributed by atoms with Gasteiger partial charge in [0.15, 0.2) is 6.10 Å². The maximum absolute atomic E-state index is 13.0. The van der Waals surface area contributed by atoms with Crippen molar-refractivity contribution in [2.75, 3.05) is 47.5 Å². The van der Waals surface area contributed by atoms with Gasteiger partial charge in [-0.25, -0.2) is 4.79 Å². The molecule has 0 aromatic rings. The number of aliphatic carboxylic acids is 1. The average molecular weight is 1470 g/mol. The van der Waals surface area contributed by atoms with E-state index in [2.05, 4.69) is 135 Å². The molecule has 0 aliphatic heterocycles. The minimum Gasteiger partial charge on any atom is -0.477 e. The number of carboxylic acid groups (broad SMARTS) is 1. The van der Waals surface area contributed by atoms with E-state index < -0.39 is 18.4 Å². The number of esters is 2. The zero-order valence-electron chi connectivity index (χ0n) is 69.6. The molecular formula is C96H170NO8+. The highest BCUT2D eigenvalue weighted by Gasteiger charge is 2.25. The predicted molar refractivity (Wildman–Crippen MR) is 456 cm³/mol. The van der Waals surface area contributed by atoms with Gasteiger partial charge in [-0.2, -0.15) is 0 Å². The Balaban J connectivity index is 3.92. The first-order valence-corrected chi connectivity index (χ1v) is 44.7. The monoisotopic (exact) mass is 1470 g/mol. The minimum absolute atomic E-state index is 0.179. The molecule has 0 aliphatic rings. The summed E-state index contributed by atoms with van der Waals surface area (Å²) in [5.41, 5.74) is 0. The van der Waals surface area contributed by atoms with Gasteiger partial charge >= 0.3 is 17.9 Å². The van der Waals surface area contributed by atoms with Crippen molar-refractivity contribution in [3.63, 3.8) is 0 Å². The molecule has 0 fully saturated rings. The number of allylic oxidation sites excluding steroid dienone is 20. The summed E-state index contributed by atoms with van der Waals surface area (Å²) < 4.78 is 23.1. The second-order valence-corrected chi connectivity index (χ2v) is 31.1. The van der Waals surface area contributed by atoms with Gasteiger partial charge in [0.1, 0.15) is 13.2 Å². The average Bonchev–Trinajstić information content (AvgIpc) is 1.18. The number of hydrogen-bond acceptors (Lipinski definition) is 7. The second kappa shape index (κ2) is 85.3. The summed E-state index contributed by atoms with van der Waals surface area (Å²) in [6.07, 6.45) is 120. The lowest BCUT2D eigenvalue weighted by Gasteiger charge is -2.25. The summed E-state index contributed by atoms with van der Waals surface area (Å²) in [5, 5.41) is 9.80. The summed E-state index contributed by atoms with van der Waals surface area (Å²) in [5.74, 6) is -1.98. The van der Waals surface area contributed by atoms with Crippen LogP contribution in [0.3, 0.4) is 0 Å². The Hall–Kier alpha value is -4.31. The van der Waals surface area contributed by atoms with E-state index in [1.54, 1.807) is 0 Å². The zero-order chi connectivity index (χ0) is 76.0. The van der Waals surface area contributed by atoms with Crippen LogP contribution in [-0.4, -0.2) is 87.4 Å². The third kappa shape index (κ3) is 86.8. The zero-order valence-corrected chi connectivity index (χ0v) is 69.6. The minimum atomic E-state index is -1.51. The Morgan fingerprint density at radius 1 is 0.286 bits per heavy atom. The SMILES string of the molecule is CC/C=C\C/C=C\C/C=C\C/C=C\C/C=C\CCCCCCCCCCCCCCCCCCCCCCCCCCCC(=O)OC(COC(=O)CCCCCCCCCCCCCCCCCCCCCCCCC/C=C\C/C=C\C/C=C\C/C=C\C/C=C\CC)COC(OCC[N+](C)(C)C)C(=O)O. The fraction of sp³-hybridized carbons (Fsp3) is 0.760. The lowest BCUT2D eigenvalue weighted by Crippen LogP contribution is -2.40. The summed E-state index contributed by atoms with van der Waals surface area (Å²) in [4.78, 5) is 37.8. The first-order chi connectivity index (χ1) is 51.6. The predicted octanol–water partition coefficient (Wildman–Crippen LogP) is 29.4. The van der Waals surface area contributed by atoms with Crippen molar-refractivity contribution in [3.05, 3.63) is 122 Å². The van der Waals surface area contributed by atoms with Crippen LogP contribution in [0.5, 0.6) is 0 Å². The molecule has 0 rings (SSSR count). The van der Waals surface area contributed by atoms with E-state index in [1.807, 2.05) is 21.1 Å². The van der Waals surface area contributed by atoms with E-state index in [1.165, 1.54) is 283 Å². The first kappa shape index (κ1) is 101. The Morgan fingerprint density at radius 3 is 0.762 bits per heavy atom. The number of ether oxygens (including phenoxy) is 4. The maximum Gasteiger partial charge on any atom is 0.361 e. The first-order valence-electron chi connectivity index (χ1n) is 44.7. The molecule has 0 aromatic heterocycles. The van der Waals surface area contributed by atoms with Crippen molar-refractivity contribution < 1.29 is 42.9 Å². The number of rotatable bonds is 83. The van der Waals surface area contributed by atoms with Crippen LogP contribution < -0.4 is 0 Å². The van der Waals surface area contributed by atoms with Crippen LogP contribution in [0.1, 0.15) is 412 Å². The number of carboxylic acids is 1. The van der Waals surface area contributed by atoms with Crippen molar-refractivity contribution >= 4 is 17.9 Å². The van der Waals surface area contributed by atoms with Gasteiger partial charge in [-0.05, 0) is 103 Å². The molecule has 105 heavy (non-hydrogen) atoms. The van der Waals surface area contributed by atoms with Gasteiger partial charge in [-0.1, -0.05) is 418 Å². The highest BCUT2D eigenvalue weighted by molar-refractivity contribution is 5.71. The highest BCUT2D eigenvalue weighted by atomic mass is 16.7. The summed E-state index contributed by atoms with van der Waals surface area (Å²) in [6.45, 7) is 4.71. The third-order valence-electron chi connectivity index (χ3n) is 19.7. The second-order valence-electron chi connectivity index (χ2n) is 31.1. The van der Waals surface area contributed by atoms with E-state index in [-0.39, 0.29) is 38.2 Å². The number of carbonyl (C=O) groups excluding carboxylic acids is 2. The normalized spacial score (nSPS) is 13.2. The Bertz CT molecular complexity index is 2160. The molecule has 9 heteroatoms. The number of nitrogens with zero attached hydrogens (tertiary/aromatic N) is 1. The van der Waals surface area contributed by atoms with E-state index in [0.29, 0.717) is 17.4 Å². The highest BCUT2D eigenvalue weighted by Crippen LogP contribution is 2.20. The number of likely N-dealkylation sites (N-methyl/N-ethyl adjacent to an activating group) is 1. The van der Waals surface area contributed by atoms with E-state index in [4.69, 9.17) is 18.9 Å². The van der Waals surface area contributed by atoms with Crippen molar-refractivity contribution in [1.29, 1.82) is 0 Å². The number of carbonyl (C=O) groups is 3.